The van der Waals surface area contributed by atoms with Crippen LogP contribution in [0.3, 0.4) is 0 Å². The number of aryl methyl sites for hydroxylation is 2. The Bertz CT molecular complexity index is 832. The summed E-state index contributed by atoms with van der Waals surface area (Å²) in [5.41, 5.74) is 2.42. The minimum absolute atomic E-state index is 0.185. The first kappa shape index (κ1) is 17.1. The summed E-state index contributed by atoms with van der Waals surface area (Å²) in [4.78, 5) is 13.4. The number of nitrogens with one attached hydrogen (secondary N) is 1. The van der Waals surface area contributed by atoms with Crippen molar-refractivity contribution in [2.45, 2.75) is 26.2 Å². The molecule has 0 fully saturated rings. The van der Waals surface area contributed by atoms with Crippen LogP contribution in [-0.2, 0) is 17.6 Å². The predicted octanol–water partition coefficient (Wildman–Crippen LogP) is 4.74. The number of nitrogens with zero attached hydrogens (tertiary/aromatic N) is 1. The zero-order valence-corrected chi connectivity index (χ0v) is 15.2. The lowest BCUT2D eigenvalue weighted by Gasteiger charge is -2.11. The van der Waals surface area contributed by atoms with Gasteiger partial charge in [-0.2, -0.15) is 5.26 Å². The van der Waals surface area contributed by atoms with Crippen molar-refractivity contribution >= 4 is 45.4 Å². The standard InChI is InChI=1S/C17H14Cl2N2O2S/c1-9-5-10(18)6-13(19)16(9)23-8-15(22)21-17-12(7-20)11-3-2-4-14(11)24-17/h5-6H,2-4,8H2,1H3,(H,21,22). The third-order valence-corrected chi connectivity index (χ3v) is 5.53. The largest absolute Gasteiger partial charge is 0.482 e. The Morgan fingerprint density at radius 1 is 1.42 bits per heavy atom. The van der Waals surface area contributed by atoms with E-state index in [-0.39, 0.29) is 12.5 Å². The topological polar surface area (TPSA) is 62.1 Å². The molecule has 0 radical (unpaired) electrons. The van der Waals surface area contributed by atoms with E-state index in [0.29, 0.717) is 26.4 Å². The minimum Gasteiger partial charge on any atom is -0.482 e. The Morgan fingerprint density at radius 2 is 2.21 bits per heavy atom. The number of carbonyl (C=O) groups is 1. The normalized spacial score (nSPS) is 12.6. The summed E-state index contributed by atoms with van der Waals surface area (Å²) >= 11 is 13.5. The van der Waals surface area contributed by atoms with Gasteiger partial charge in [0.15, 0.2) is 6.61 Å². The summed E-state index contributed by atoms with van der Waals surface area (Å²) in [7, 11) is 0. The lowest BCUT2D eigenvalue weighted by Crippen LogP contribution is -2.20. The molecule has 0 atom stereocenters. The van der Waals surface area contributed by atoms with Crippen molar-refractivity contribution in [2.24, 2.45) is 0 Å². The van der Waals surface area contributed by atoms with Gasteiger partial charge < -0.3 is 10.1 Å². The SMILES string of the molecule is Cc1cc(Cl)cc(Cl)c1OCC(=O)Nc1sc2c(c1C#N)CCC2. The van der Waals surface area contributed by atoms with E-state index in [0.717, 1.165) is 30.4 Å². The van der Waals surface area contributed by atoms with Crippen LogP contribution in [0.5, 0.6) is 5.75 Å². The molecule has 0 saturated heterocycles. The molecule has 124 valence electrons. The van der Waals surface area contributed by atoms with Crippen LogP contribution < -0.4 is 10.1 Å². The molecule has 7 heteroatoms. The van der Waals surface area contributed by atoms with Crippen LogP contribution in [0, 0.1) is 18.3 Å². The molecule has 4 nitrogen and oxygen atoms in total. The third-order valence-electron chi connectivity index (χ3n) is 3.83. The zero-order valence-electron chi connectivity index (χ0n) is 12.9. The van der Waals surface area contributed by atoms with Gasteiger partial charge in [-0.3, -0.25) is 4.79 Å². The number of anilines is 1. The van der Waals surface area contributed by atoms with Gasteiger partial charge in [-0.15, -0.1) is 11.3 Å². The summed E-state index contributed by atoms with van der Waals surface area (Å²) in [5, 5.41) is 13.6. The van der Waals surface area contributed by atoms with Crippen LogP contribution in [0.25, 0.3) is 0 Å². The molecule has 0 bridgehead atoms. The van der Waals surface area contributed by atoms with E-state index in [2.05, 4.69) is 11.4 Å². The Kier molecular flexibility index (Phi) is 5.00. The smallest absolute Gasteiger partial charge is 0.262 e. The number of fused-ring (bicyclic) bond motifs is 1. The van der Waals surface area contributed by atoms with Crippen LogP contribution in [0.15, 0.2) is 12.1 Å². The van der Waals surface area contributed by atoms with E-state index in [4.69, 9.17) is 27.9 Å². The van der Waals surface area contributed by atoms with Gasteiger partial charge in [0.05, 0.1) is 10.6 Å². The Hall–Kier alpha value is -1.74. The monoisotopic (exact) mass is 380 g/mol. The van der Waals surface area contributed by atoms with Crippen molar-refractivity contribution in [2.75, 3.05) is 11.9 Å². The van der Waals surface area contributed by atoms with Gasteiger partial charge in [0.1, 0.15) is 16.8 Å². The summed E-state index contributed by atoms with van der Waals surface area (Å²) in [6.45, 7) is 1.62. The fourth-order valence-corrected chi connectivity index (χ4v) is 4.69. The summed E-state index contributed by atoms with van der Waals surface area (Å²) in [5.74, 6) is 0.113. The lowest BCUT2D eigenvalue weighted by molar-refractivity contribution is -0.118. The predicted molar refractivity (Wildman–Crippen MR) is 96.4 cm³/mol. The van der Waals surface area contributed by atoms with Gasteiger partial charge in [-0.25, -0.2) is 0 Å². The van der Waals surface area contributed by atoms with Crippen LogP contribution in [0.1, 0.15) is 28.0 Å². The van der Waals surface area contributed by atoms with Gasteiger partial charge in [0, 0.05) is 9.90 Å². The number of amides is 1. The molecule has 0 spiro atoms. The van der Waals surface area contributed by atoms with E-state index >= 15 is 0 Å². The molecule has 2 aromatic rings. The number of benzene rings is 1. The van der Waals surface area contributed by atoms with Crippen LogP contribution >= 0.6 is 34.5 Å². The molecule has 1 aliphatic carbocycles. The van der Waals surface area contributed by atoms with Gasteiger partial charge in [0.25, 0.3) is 5.91 Å². The van der Waals surface area contributed by atoms with E-state index < -0.39 is 0 Å². The number of rotatable bonds is 4. The highest BCUT2D eigenvalue weighted by Crippen LogP contribution is 2.38. The molecule has 0 saturated carbocycles. The molecule has 1 heterocycles. The number of nitriles is 1. The minimum atomic E-state index is -0.322. The van der Waals surface area contributed by atoms with E-state index in [9.17, 15) is 10.1 Å². The van der Waals surface area contributed by atoms with E-state index in [1.165, 1.54) is 16.2 Å². The molecule has 1 aromatic heterocycles. The first-order valence-corrected chi connectivity index (χ1v) is 8.99. The second kappa shape index (κ2) is 7.02. The average molecular weight is 381 g/mol. The van der Waals surface area contributed by atoms with E-state index in [1.807, 2.05) is 6.92 Å². The van der Waals surface area contributed by atoms with Gasteiger partial charge in [-0.05, 0) is 49.4 Å². The number of thiophene rings is 1. The Labute approximate surface area is 154 Å². The van der Waals surface area contributed by atoms with Crippen LogP contribution in [0.4, 0.5) is 5.00 Å². The highest BCUT2D eigenvalue weighted by atomic mass is 35.5. The second-order valence-electron chi connectivity index (χ2n) is 5.54. The maximum absolute atomic E-state index is 12.2. The van der Waals surface area contributed by atoms with Gasteiger partial charge in [0.2, 0.25) is 0 Å². The lowest BCUT2D eigenvalue weighted by atomic mass is 10.1. The molecular weight excluding hydrogens is 367 g/mol. The molecule has 1 amide bonds. The van der Waals surface area contributed by atoms with Crippen molar-refractivity contribution in [3.8, 4) is 11.8 Å². The Morgan fingerprint density at radius 3 is 2.92 bits per heavy atom. The quantitative estimate of drug-likeness (QED) is 0.832. The molecular formula is C17H14Cl2N2O2S. The molecule has 24 heavy (non-hydrogen) atoms. The fourth-order valence-electron chi connectivity index (χ4n) is 2.78. The molecule has 0 unspecified atom stereocenters. The van der Waals surface area contributed by atoms with Crippen LogP contribution in [0.2, 0.25) is 10.0 Å². The fraction of sp³-hybridized carbons (Fsp3) is 0.294. The third kappa shape index (κ3) is 3.36. The number of ether oxygens (including phenoxy) is 1. The summed E-state index contributed by atoms with van der Waals surface area (Å²) < 4.78 is 5.53. The molecule has 1 aromatic carbocycles. The maximum Gasteiger partial charge on any atom is 0.262 e. The number of hydrogen-bond donors (Lipinski definition) is 1. The Balaban J connectivity index is 1.68. The second-order valence-corrected chi connectivity index (χ2v) is 7.49. The van der Waals surface area contributed by atoms with Crippen molar-refractivity contribution < 1.29 is 9.53 Å². The average Bonchev–Trinajstić information content (AvgIpc) is 3.06. The first-order valence-electron chi connectivity index (χ1n) is 7.42. The highest BCUT2D eigenvalue weighted by molar-refractivity contribution is 7.16. The van der Waals surface area contributed by atoms with Crippen molar-refractivity contribution in [1.82, 2.24) is 0 Å². The molecule has 1 aliphatic rings. The van der Waals surface area contributed by atoms with Gasteiger partial charge >= 0.3 is 0 Å². The highest BCUT2D eigenvalue weighted by Gasteiger charge is 2.23. The zero-order chi connectivity index (χ0) is 17.3. The molecule has 1 N–H and O–H groups in total. The van der Waals surface area contributed by atoms with Crippen molar-refractivity contribution in [1.29, 1.82) is 5.26 Å². The maximum atomic E-state index is 12.2. The number of hydrogen-bond acceptors (Lipinski definition) is 4. The van der Waals surface area contributed by atoms with E-state index in [1.54, 1.807) is 12.1 Å². The number of halogens is 2. The molecule has 3 rings (SSSR count). The first-order chi connectivity index (χ1) is 11.5. The van der Waals surface area contributed by atoms with Crippen molar-refractivity contribution in [3.05, 3.63) is 43.7 Å². The van der Waals surface area contributed by atoms with Crippen molar-refractivity contribution in [3.63, 3.8) is 0 Å². The number of carbonyl (C=O) groups excluding carboxylic acids is 1. The van der Waals surface area contributed by atoms with Gasteiger partial charge in [-0.1, -0.05) is 23.2 Å². The van der Waals surface area contributed by atoms with Crippen LogP contribution in [-0.4, -0.2) is 12.5 Å². The molecule has 0 aliphatic heterocycles. The summed E-state index contributed by atoms with van der Waals surface area (Å²) in [6.07, 6.45) is 2.95. The summed E-state index contributed by atoms with van der Waals surface area (Å²) in [6, 6.07) is 5.49.